The number of thiophene rings is 1. The molecule has 0 saturated heterocycles. The molecule has 0 aromatic carbocycles. The summed E-state index contributed by atoms with van der Waals surface area (Å²) < 4.78 is 10.8. The highest BCUT2D eigenvalue weighted by Crippen LogP contribution is 2.25. The van der Waals surface area contributed by atoms with Gasteiger partial charge in [-0.1, -0.05) is 6.92 Å². The van der Waals surface area contributed by atoms with Gasteiger partial charge in [0.15, 0.2) is 6.29 Å². The van der Waals surface area contributed by atoms with Gasteiger partial charge in [-0.2, -0.15) is 0 Å². The molecule has 0 aliphatic heterocycles. The van der Waals surface area contributed by atoms with E-state index in [1.165, 1.54) is 4.88 Å². The van der Waals surface area contributed by atoms with E-state index >= 15 is 0 Å². The van der Waals surface area contributed by atoms with E-state index in [2.05, 4.69) is 26.0 Å². The van der Waals surface area contributed by atoms with Gasteiger partial charge in [-0.05, 0) is 25.5 Å². The van der Waals surface area contributed by atoms with Crippen LogP contribution in [0.2, 0.25) is 0 Å². The summed E-state index contributed by atoms with van der Waals surface area (Å²) in [4.78, 5) is 2.44. The molecule has 13 heavy (non-hydrogen) atoms. The molecule has 1 aromatic heterocycles. The molecule has 0 aliphatic carbocycles. The van der Waals surface area contributed by atoms with E-state index in [1.807, 2.05) is 0 Å². The minimum absolute atomic E-state index is 0.182. The maximum Gasteiger partial charge on any atom is 0.192 e. The molecule has 1 aromatic rings. The number of ether oxygens (including phenoxy) is 2. The van der Waals surface area contributed by atoms with Crippen molar-refractivity contribution in [3.63, 3.8) is 0 Å². The second kappa shape index (κ2) is 5.37. The molecular weight excluding hydrogens is 184 g/mol. The van der Waals surface area contributed by atoms with E-state index in [4.69, 9.17) is 9.47 Å². The normalized spacial score (nSPS) is 13.2. The molecular formula is C10H16O2S. The molecule has 0 amide bonds. The number of hydrogen-bond acceptors (Lipinski definition) is 3. The first-order chi connectivity index (χ1) is 6.27. The lowest BCUT2D eigenvalue weighted by Crippen LogP contribution is -2.05. The molecule has 0 bridgehead atoms. The van der Waals surface area contributed by atoms with Crippen LogP contribution in [0.3, 0.4) is 0 Å². The van der Waals surface area contributed by atoms with Gasteiger partial charge in [0.2, 0.25) is 0 Å². The van der Waals surface area contributed by atoms with Gasteiger partial charge >= 0.3 is 0 Å². The second-order valence-corrected chi connectivity index (χ2v) is 4.21. The Hall–Kier alpha value is -0.380. The van der Waals surface area contributed by atoms with Gasteiger partial charge in [0.25, 0.3) is 0 Å². The monoisotopic (exact) mass is 200 g/mol. The predicted octanol–water partition coefficient (Wildman–Crippen LogP) is 3.13. The molecule has 0 N–H and O–H groups in total. The van der Waals surface area contributed by atoms with Crippen LogP contribution in [0.15, 0.2) is 12.1 Å². The highest BCUT2D eigenvalue weighted by Gasteiger charge is 2.11. The van der Waals surface area contributed by atoms with Crippen LogP contribution in [0.5, 0.6) is 0 Å². The van der Waals surface area contributed by atoms with Gasteiger partial charge in [-0.25, -0.2) is 0 Å². The SMILES string of the molecule is CCCOC(OC)c1ccc(C)s1. The van der Waals surface area contributed by atoms with E-state index in [0.29, 0.717) is 0 Å². The Labute approximate surface area is 83.5 Å². The fraction of sp³-hybridized carbons (Fsp3) is 0.600. The summed E-state index contributed by atoms with van der Waals surface area (Å²) in [7, 11) is 1.68. The van der Waals surface area contributed by atoms with Crippen molar-refractivity contribution in [3.8, 4) is 0 Å². The molecule has 1 atom stereocenters. The van der Waals surface area contributed by atoms with Gasteiger partial charge in [-0.3, -0.25) is 0 Å². The average molecular weight is 200 g/mol. The Morgan fingerprint density at radius 3 is 2.69 bits per heavy atom. The van der Waals surface area contributed by atoms with E-state index in [9.17, 15) is 0 Å². The average Bonchev–Trinajstić information content (AvgIpc) is 2.54. The van der Waals surface area contributed by atoms with Crippen LogP contribution in [0.25, 0.3) is 0 Å². The maximum absolute atomic E-state index is 5.53. The fourth-order valence-electron chi connectivity index (χ4n) is 1.07. The lowest BCUT2D eigenvalue weighted by molar-refractivity contribution is -0.125. The van der Waals surface area contributed by atoms with E-state index in [0.717, 1.165) is 17.9 Å². The van der Waals surface area contributed by atoms with Crippen molar-refractivity contribution in [2.24, 2.45) is 0 Å². The highest BCUT2D eigenvalue weighted by molar-refractivity contribution is 7.11. The van der Waals surface area contributed by atoms with Crippen LogP contribution in [0, 0.1) is 6.92 Å². The molecule has 0 aliphatic rings. The molecule has 74 valence electrons. The van der Waals surface area contributed by atoms with Crippen molar-refractivity contribution in [3.05, 3.63) is 21.9 Å². The molecule has 3 heteroatoms. The Balaban J connectivity index is 2.56. The van der Waals surface area contributed by atoms with Crippen LogP contribution in [-0.2, 0) is 9.47 Å². The van der Waals surface area contributed by atoms with Crippen LogP contribution in [-0.4, -0.2) is 13.7 Å². The largest absolute Gasteiger partial charge is 0.351 e. The van der Waals surface area contributed by atoms with E-state index in [-0.39, 0.29) is 6.29 Å². The Kier molecular flexibility index (Phi) is 4.42. The molecule has 0 spiro atoms. The van der Waals surface area contributed by atoms with Crippen molar-refractivity contribution in [2.75, 3.05) is 13.7 Å². The van der Waals surface area contributed by atoms with Crippen molar-refractivity contribution >= 4 is 11.3 Å². The van der Waals surface area contributed by atoms with Gasteiger partial charge in [0.05, 0.1) is 4.88 Å². The number of hydrogen-bond donors (Lipinski definition) is 0. The van der Waals surface area contributed by atoms with Crippen molar-refractivity contribution in [1.29, 1.82) is 0 Å². The topological polar surface area (TPSA) is 18.5 Å². The van der Waals surface area contributed by atoms with Crippen molar-refractivity contribution in [2.45, 2.75) is 26.6 Å². The molecule has 1 rings (SSSR count). The Morgan fingerprint density at radius 1 is 1.46 bits per heavy atom. The van der Waals surface area contributed by atoms with Gasteiger partial charge in [0, 0.05) is 18.6 Å². The minimum atomic E-state index is -0.182. The second-order valence-electron chi connectivity index (χ2n) is 2.89. The third kappa shape index (κ3) is 3.10. The molecule has 2 nitrogen and oxygen atoms in total. The molecule has 0 radical (unpaired) electrons. The maximum atomic E-state index is 5.53. The van der Waals surface area contributed by atoms with Crippen LogP contribution in [0.4, 0.5) is 0 Å². The Bertz CT molecular complexity index is 245. The van der Waals surface area contributed by atoms with Gasteiger partial charge in [-0.15, -0.1) is 11.3 Å². The summed E-state index contributed by atoms with van der Waals surface area (Å²) in [6.07, 6.45) is 0.836. The zero-order valence-corrected chi connectivity index (χ0v) is 9.19. The van der Waals surface area contributed by atoms with Gasteiger partial charge < -0.3 is 9.47 Å². The first-order valence-corrected chi connectivity index (χ1v) is 5.30. The summed E-state index contributed by atoms with van der Waals surface area (Å²) in [5.41, 5.74) is 0. The van der Waals surface area contributed by atoms with Gasteiger partial charge in [0.1, 0.15) is 0 Å². The minimum Gasteiger partial charge on any atom is -0.351 e. The van der Waals surface area contributed by atoms with Crippen LogP contribution >= 0.6 is 11.3 Å². The zero-order chi connectivity index (χ0) is 9.68. The van der Waals surface area contributed by atoms with Crippen LogP contribution in [0.1, 0.15) is 29.4 Å². The van der Waals surface area contributed by atoms with Crippen LogP contribution < -0.4 is 0 Å². The summed E-state index contributed by atoms with van der Waals surface area (Å²) in [5.74, 6) is 0. The third-order valence-electron chi connectivity index (χ3n) is 1.68. The smallest absolute Gasteiger partial charge is 0.192 e. The van der Waals surface area contributed by atoms with Crippen molar-refractivity contribution < 1.29 is 9.47 Å². The zero-order valence-electron chi connectivity index (χ0n) is 8.37. The number of rotatable bonds is 5. The van der Waals surface area contributed by atoms with Crippen molar-refractivity contribution in [1.82, 2.24) is 0 Å². The lowest BCUT2D eigenvalue weighted by atomic mass is 10.4. The third-order valence-corrected chi connectivity index (χ3v) is 2.70. The molecule has 1 heterocycles. The summed E-state index contributed by atoms with van der Waals surface area (Å²) in [6.45, 7) is 4.92. The Morgan fingerprint density at radius 2 is 2.23 bits per heavy atom. The first kappa shape index (κ1) is 10.7. The fourth-order valence-corrected chi connectivity index (χ4v) is 1.98. The molecule has 0 saturated carbocycles. The predicted molar refractivity (Wildman–Crippen MR) is 55.0 cm³/mol. The number of methoxy groups -OCH3 is 1. The first-order valence-electron chi connectivity index (χ1n) is 4.48. The molecule has 1 unspecified atom stereocenters. The highest BCUT2D eigenvalue weighted by atomic mass is 32.1. The summed E-state index contributed by atoms with van der Waals surface area (Å²) in [6, 6.07) is 4.14. The molecule has 0 fully saturated rings. The van der Waals surface area contributed by atoms with E-state index < -0.39 is 0 Å². The summed E-state index contributed by atoms with van der Waals surface area (Å²) >= 11 is 1.72. The quantitative estimate of drug-likeness (QED) is 0.680. The summed E-state index contributed by atoms with van der Waals surface area (Å²) in [5, 5.41) is 0. The standard InChI is InChI=1S/C10H16O2S/c1-4-7-12-10(11-3)9-6-5-8(2)13-9/h5-6,10H,4,7H2,1-3H3. The van der Waals surface area contributed by atoms with E-state index in [1.54, 1.807) is 18.4 Å². The number of aryl methyl sites for hydroxylation is 1. The lowest BCUT2D eigenvalue weighted by Gasteiger charge is -2.13.